The Hall–Kier alpha value is -2.70. The lowest BCUT2D eigenvalue weighted by atomic mass is 9.89. The molecule has 0 saturated heterocycles. The highest BCUT2D eigenvalue weighted by atomic mass is 19.1. The third kappa shape index (κ3) is 3.69. The van der Waals surface area contributed by atoms with Gasteiger partial charge >= 0.3 is 5.97 Å². The number of anilines is 1. The van der Waals surface area contributed by atoms with Crippen LogP contribution in [-0.4, -0.2) is 31.4 Å². The van der Waals surface area contributed by atoms with Crippen LogP contribution in [0.3, 0.4) is 0 Å². The number of carbonyl (C=O) groups excluding carboxylic acids is 3. The van der Waals surface area contributed by atoms with Gasteiger partial charge in [-0.1, -0.05) is 6.08 Å². The number of hydrogen-bond donors (Lipinski definition) is 2. The lowest BCUT2D eigenvalue weighted by molar-refractivity contribution is -0.134. The van der Waals surface area contributed by atoms with Gasteiger partial charge in [0.1, 0.15) is 5.82 Å². The van der Waals surface area contributed by atoms with Crippen molar-refractivity contribution in [3.05, 3.63) is 41.7 Å². The van der Waals surface area contributed by atoms with Crippen molar-refractivity contribution in [3.8, 4) is 0 Å². The molecule has 1 aliphatic rings. The summed E-state index contributed by atoms with van der Waals surface area (Å²) in [5.41, 5.74) is 0.872. The molecule has 7 heteroatoms. The van der Waals surface area contributed by atoms with Gasteiger partial charge in [-0.25, -0.2) is 9.18 Å². The Morgan fingerprint density at radius 3 is 3.00 bits per heavy atom. The van der Waals surface area contributed by atoms with Gasteiger partial charge in [-0.3, -0.25) is 9.59 Å². The molecule has 2 N–H and O–H groups in total. The Bertz CT molecular complexity index is 642. The molecule has 0 bridgehead atoms. The Morgan fingerprint density at radius 1 is 1.50 bits per heavy atom. The zero-order chi connectivity index (χ0) is 16.1. The third-order valence-electron chi connectivity index (χ3n) is 3.22. The van der Waals surface area contributed by atoms with Crippen molar-refractivity contribution in [3.63, 3.8) is 0 Å². The molecule has 0 aromatic heterocycles. The van der Waals surface area contributed by atoms with Crippen LogP contribution in [0.4, 0.5) is 10.1 Å². The Kier molecular flexibility index (Phi) is 4.88. The smallest absolute Gasteiger partial charge is 0.330 e. The van der Waals surface area contributed by atoms with Gasteiger partial charge in [0.05, 0.1) is 13.0 Å². The number of fused-ring (bicyclic) bond motifs is 1. The Balaban J connectivity index is 2.07. The standard InChI is InChI=1S/C15H15FN2O4/c1-22-14(20)3-2-6-17-15(21)11-8-13(19)18-12-5-4-9(16)7-10(11)12/h2-5,7,11H,6,8H2,1H3,(H,17,21)(H,18,19)/b3-2+. The number of carbonyl (C=O) groups is 3. The minimum absolute atomic E-state index is 0.0526. The molecule has 0 aliphatic carbocycles. The predicted octanol–water partition coefficient (Wildman–Crippen LogP) is 1.10. The van der Waals surface area contributed by atoms with Crippen LogP contribution in [0.1, 0.15) is 17.9 Å². The minimum atomic E-state index is -0.758. The zero-order valence-electron chi connectivity index (χ0n) is 11.9. The van der Waals surface area contributed by atoms with Gasteiger partial charge in [-0.15, -0.1) is 0 Å². The van der Waals surface area contributed by atoms with Gasteiger partial charge in [0, 0.05) is 24.7 Å². The number of rotatable bonds is 4. The highest BCUT2D eigenvalue weighted by Crippen LogP contribution is 2.32. The molecule has 1 aromatic carbocycles. The average molecular weight is 306 g/mol. The van der Waals surface area contributed by atoms with E-state index in [9.17, 15) is 18.8 Å². The van der Waals surface area contributed by atoms with Crippen LogP contribution in [0, 0.1) is 5.82 Å². The summed E-state index contributed by atoms with van der Waals surface area (Å²) < 4.78 is 17.8. The Morgan fingerprint density at radius 2 is 2.27 bits per heavy atom. The molecule has 1 aromatic rings. The van der Waals surface area contributed by atoms with E-state index in [1.807, 2.05) is 0 Å². The first-order valence-corrected chi connectivity index (χ1v) is 6.62. The summed E-state index contributed by atoms with van der Waals surface area (Å²) in [4.78, 5) is 34.7. The fraction of sp³-hybridized carbons (Fsp3) is 0.267. The van der Waals surface area contributed by atoms with Crippen LogP contribution in [0.5, 0.6) is 0 Å². The van der Waals surface area contributed by atoms with Gasteiger partial charge in [0.2, 0.25) is 11.8 Å². The highest BCUT2D eigenvalue weighted by Gasteiger charge is 2.30. The normalized spacial score (nSPS) is 16.8. The summed E-state index contributed by atoms with van der Waals surface area (Å²) >= 11 is 0. The number of nitrogens with one attached hydrogen (secondary N) is 2. The number of halogens is 1. The van der Waals surface area contributed by atoms with E-state index in [1.54, 1.807) is 0 Å². The van der Waals surface area contributed by atoms with Crippen molar-refractivity contribution in [2.45, 2.75) is 12.3 Å². The second-order valence-corrected chi connectivity index (χ2v) is 4.71. The van der Waals surface area contributed by atoms with Crippen molar-refractivity contribution >= 4 is 23.5 Å². The molecule has 0 spiro atoms. The van der Waals surface area contributed by atoms with Crippen LogP contribution >= 0.6 is 0 Å². The number of ether oxygens (including phenoxy) is 1. The molecule has 22 heavy (non-hydrogen) atoms. The quantitative estimate of drug-likeness (QED) is 0.644. The SMILES string of the molecule is COC(=O)/C=C/CNC(=O)C1CC(=O)Nc2ccc(F)cc21. The fourth-order valence-corrected chi connectivity index (χ4v) is 2.17. The lowest BCUT2D eigenvalue weighted by Crippen LogP contribution is -2.35. The minimum Gasteiger partial charge on any atom is -0.466 e. The second-order valence-electron chi connectivity index (χ2n) is 4.71. The van der Waals surface area contributed by atoms with Crippen LogP contribution in [-0.2, 0) is 19.1 Å². The molecule has 1 atom stereocenters. The molecule has 2 rings (SSSR count). The lowest BCUT2D eigenvalue weighted by Gasteiger charge is -2.24. The van der Waals surface area contributed by atoms with E-state index >= 15 is 0 Å². The zero-order valence-corrected chi connectivity index (χ0v) is 11.9. The maximum atomic E-state index is 13.4. The number of methoxy groups -OCH3 is 1. The van der Waals surface area contributed by atoms with Crippen LogP contribution in [0.25, 0.3) is 0 Å². The summed E-state index contributed by atoms with van der Waals surface area (Å²) in [5.74, 6) is -2.47. The summed E-state index contributed by atoms with van der Waals surface area (Å²) in [6.45, 7) is 0.108. The summed E-state index contributed by atoms with van der Waals surface area (Å²) in [7, 11) is 1.25. The van der Waals surface area contributed by atoms with Gasteiger partial charge in [0.15, 0.2) is 0 Å². The molecule has 0 saturated carbocycles. The number of amides is 2. The van der Waals surface area contributed by atoms with Crippen molar-refractivity contribution in [2.75, 3.05) is 19.0 Å². The molecule has 1 unspecified atom stereocenters. The predicted molar refractivity (Wildman–Crippen MR) is 76.6 cm³/mol. The van der Waals surface area contributed by atoms with Crippen molar-refractivity contribution < 1.29 is 23.5 Å². The molecule has 0 radical (unpaired) electrons. The van der Waals surface area contributed by atoms with E-state index < -0.39 is 23.6 Å². The molecule has 0 fully saturated rings. The maximum Gasteiger partial charge on any atom is 0.330 e. The van der Waals surface area contributed by atoms with Crippen molar-refractivity contribution in [1.29, 1.82) is 0 Å². The molecular weight excluding hydrogens is 291 g/mol. The van der Waals surface area contributed by atoms with Gasteiger partial charge in [-0.2, -0.15) is 0 Å². The number of benzene rings is 1. The van der Waals surface area contributed by atoms with E-state index in [-0.39, 0.29) is 18.9 Å². The largest absolute Gasteiger partial charge is 0.466 e. The first kappa shape index (κ1) is 15.7. The van der Waals surface area contributed by atoms with E-state index in [0.717, 1.165) is 0 Å². The van der Waals surface area contributed by atoms with Crippen LogP contribution < -0.4 is 10.6 Å². The number of hydrogen-bond acceptors (Lipinski definition) is 4. The van der Waals surface area contributed by atoms with Gasteiger partial charge in [-0.05, 0) is 23.8 Å². The van der Waals surface area contributed by atoms with Crippen LogP contribution in [0.2, 0.25) is 0 Å². The van der Waals surface area contributed by atoms with Crippen LogP contribution in [0.15, 0.2) is 30.4 Å². The molecule has 116 valence electrons. The molecular formula is C15H15FN2O4. The summed E-state index contributed by atoms with van der Waals surface area (Å²) in [6.07, 6.45) is 2.56. The van der Waals surface area contributed by atoms with E-state index in [0.29, 0.717) is 11.3 Å². The van der Waals surface area contributed by atoms with Crippen molar-refractivity contribution in [1.82, 2.24) is 5.32 Å². The summed E-state index contributed by atoms with van der Waals surface area (Å²) in [5, 5.41) is 5.18. The Labute approximate surface area is 126 Å². The third-order valence-corrected chi connectivity index (χ3v) is 3.22. The molecule has 1 heterocycles. The van der Waals surface area contributed by atoms with E-state index in [2.05, 4.69) is 15.4 Å². The van der Waals surface area contributed by atoms with Gasteiger partial charge in [0.25, 0.3) is 0 Å². The maximum absolute atomic E-state index is 13.4. The fourth-order valence-electron chi connectivity index (χ4n) is 2.17. The first-order valence-electron chi connectivity index (χ1n) is 6.62. The molecule has 1 aliphatic heterocycles. The van der Waals surface area contributed by atoms with Crippen molar-refractivity contribution in [2.24, 2.45) is 0 Å². The molecule has 6 nitrogen and oxygen atoms in total. The first-order chi connectivity index (χ1) is 10.5. The number of esters is 1. The topological polar surface area (TPSA) is 84.5 Å². The van der Waals surface area contributed by atoms with E-state index in [4.69, 9.17) is 0 Å². The second kappa shape index (κ2) is 6.84. The highest BCUT2D eigenvalue weighted by molar-refractivity contribution is 6.01. The van der Waals surface area contributed by atoms with E-state index in [1.165, 1.54) is 37.5 Å². The molecule has 2 amide bonds. The average Bonchev–Trinajstić information content (AvgIpc) is 2.50. The van der Waals surface area contributed by atoms with Gasteiger partial charge < -0.3 is 15.4 Å². The summed E-state index contributed by atoms with van der Waals surface area (Å²) in [6, 6.07) is 3.89. The monoisotopic (exact) mass is 306 g/mol.